The van der Waals surface area contributed by atoms with E-state index in [9.17, 15) is 8.78 Å². The van der Waals surface area contributed by atoms with Crippen molar-refractivity contribution in [2.24, 2.45) is 0 Å². The Morgan fingerprint density at radius 1 is 0.889 bits per heavy atom. The van der Waals surface area contributed by atoms with Gasteiger partial charge in [-0.05, 0) is 24.3 Å². The smallest absolute Gasteiger partial charge is 0.161 e. The molecule has 0 aliphatic rings. The van der Waals surface area contributed by atoms with Gasteiger partial charge in [0.25, 0.3) is 0 Å². The van der Waals surface area contributed by atoms with E-state index in [1.54, 1.807) is 18.3 Å². The number of hydrogen-bond acceptors (Lipinski definition) is 3. The summed E-state index contributed by atoms with van der Waals surface area (Å²) in [5, 5.41) is 0.392. The molecule has 0 amide bonds. The average Bonchev–Trinajstić information content (AvgIpc) is 2.41. The molecule has 3 rings (SSSR count). The lowest BCUT2D eigenvalue weighted by Gasteiger charge is -2.04. The maximum Gasteiger partial charge on any atom is 0.161 e. The summed E-state index contributed by atoms with van der Waals surface area (Å²) in [5.41, 5.74) is 1.04. The van der Waals surface area contributed by atoms with Crippen LogP contribution in [0, 0.1) is 11.6 Å². The fraction of sp³-hybridized carbons (Fsp3) is 0. The molecule has 0 radical (unpaired) electrons. The zero-order chi connectivity index (χ0) is 12.5. The lowest BCUT2D eigenvalue weighted by molar-refractivity contribution is 0.614. The van der Waals surface area contributed by atoms with Crippen molar-refractivity contribution >= 4 is 10.9 Å². The van der Waals surface area contributed by atoms with Gasteiger partial charge in [0, 0.05) is 17.1 Å². The first-order valence-corrected chi connectivity index (χ1v) is 5.27. The van der Waals surface area contributed by atoms with Crippen molar-refractivity contribution in [3.63, 3.8) is 0 Å². The van der Waals surface area contributed by atoms with Crippen molar-refractivity contribution in [3.05, 3.63) is 54.5 Å². The predicted molar refractivity (Wildman–Crippen MR) is 62.7 cm³/mol. The van der Waals surface area contributed by atoms with E-state index in [-0.39, 0.29) is 5.82 Å². The van der Waals surface area contributed by atoms with E-state index in [1.165, 1.54) is 12.1 Å². The van der Waals surface area contributed by atoms with Gasteiger partial charge in [-0.15, -0.1) is 0 Å². The van der Waals surface area contributed by atoms with Crippen LogP contribution >= 0.6 is 0 Å². The molecule has 0 fully saturated rings. The van der Waals surface area contributed by atoms with Gasteiger partial charge in [0.2, 0.25) is 0 Å². The fourth-order valence-electron chi connectivity index (χ4n) is 1.77. The molecule has 0 unspecified atom stereocenters. The van der Waals surface area contributed by atoms with Gasteiger partial charge in [-0.1, -0.05) is 0 Å². The summed E-state index contributed by atoms with van der Waals surface area (Å²) in [6.45, 7) is 0. The minimum Gasteiger partial charge on any atom is -0.255 e. The standard InChI is InChI=1S/C13H7F2N3/c14-8-6-17-13(18-7-8)10-3-4-11(15)9-2-1-5-16-12(9)10/h1-7H. The highest BCUT2D eigenvalue weighted by Gasteiger charge is 2.10. The molecule has 0 saturated carbocycles. The molecule has 18 heavy (non-hydrogen) atoms. The van der Waals surface area contributed by atoms with E-state index >= 15 is 0 Å². The second-order valence-electron chi connectivity index (χ2n) is 3.72. The van der Waals surface area contributed by atoms with Gasteiger partial charge in [0.1, 0.15) is 5.82 Å². The molecule has 0 aliphatic carbocycles. The number of aromatic nitrogens is 3. The Bertz CT molecular complexity index is 711. The molecule has 0 aliphatic heterocycles. The molecule has 0 saturated heterocycles. The molecule has 88 valence electrons. The molecular weight excluding hydrogens is 236 g/mol. The Morgan fingerprint density at radius 3 is 2.44 bits per heavy atom. The first-order chi connectivity index (χ1) is 8.75. The SMILES string of the molecule is Fc1cnc(-c2ccc(F)c3cccnc23)nc1. The molecule has 0 N–H and O–H groups in total. The van der Waals surface area contributed by atoms with Gasteiger partial charge in [-0.25, -0.2) is 18.7 Å². The van der Waals surface area contributed by atoms with Crippen LogP contribution in [0.1, 0.15) is 0 Å². The summed E-state index contributed by atoms with van der Waals surface area (Å²) in [6, 6.07) is 6.15. The number of benzene rings is 1. The van der Waals surface area contributed by atoms with Crippen molar-refractivity contribution in [1.29, 1.82) is 0 Å². The van der Waals surface area contributed by atoms with E-state index in [1.807, 2.05) is 0 Å². The summed E-state index contributed by atoms with van der Waals surface area (Å²) in [7, 11) is 0. The number of halogens is 2. The summed E-state index contributed by atoms with van der Waals surface area (Å²) in [4.78, 5) is 11.9. The van der Waals surface area contributed by atoms with Crippen LogP contribution in [-0.4, -0.2) is 15.0 Å². The molecular formula is C13H7F2N3. The van der Waals surface area contributed by atoms with Crippen molar-refractivity contribution in [3.8, 4) is 11.4 Å². The lowest BCUT2D eigenvalue weighted by Crippen LogP contribution is -1.93. The number of hydrogen-bond donors (Lipinski definition) is 0. The molecule has 1 aromatic carbocycles. The van der Waals surface area contributed by atoms with Crippen LogP contribution in [-0.2, 0) is 0 Å². The monoisotopic (exact) mass is 243 g/mol. The van der Waals surface area contributed by atoms with Gasteiger partial charge >= 0.3 is 0 Å². The Morgan fingerprint density at radius 2 is 1.67 bits per heavy atom. The van der Waals surface area contributed by atoms with E-state index < -0.39 is 5.82 Å². The lowest BCUT2D eigenvalue weighted by atomic mass is 10.1. The summed E-state index contributed by atoms with van der Waals surface area (Å²) < 4.78 is 26.4. The second kappa shape index (κ2) is 4.10. The van der Waals surface area contributed by atoms with Crippen LogP contribution in [0.2, 0.25) is 0 Å². The molecule has 2 heterocycles. The second-order valence-corrected chi connectivity index (χ2v) is 3.72. The number of fused-ring (bicyclic) bond motifs is 1. The highest BCUT2D eigenvalue weighted by atomic mass is 19.1. The highest BCUT2D eigenvalue weighted by Crippen LogP contribution is 2.25. The first kappa shape index (κ1) is 10.7. The minimum atomic E-state index is -0.516. The van der Waals surface area contributed by atoms with E-state index in [2.05, 4.69) is 15.0 Å². The first-order valence-electron chi connectivity index (χ1n) is 5.27. The Kier molecular flexibility index (Phi) is 2.44. The quantitative estimate of drug-likeness (QED) is 0.659. The zero-order valence-corrected chi connectivity index (χ0v) is 9.14. The summed E-state index contributed by atoms with van der Waals surface area (Å²) in [6.07, 6.45) is 3.70. The van der Waals surface area contributed by atoms with Gasteiger partial charge in [-0.2, -0.15) is 0 Å². The molecule has 0 atom stereocenters. The Labute approximate surface area is 101 Å². The van der Waals surface area contributed by atoms with Gasteiger partial charge in [-0.3, -0.25) is 4.98 Å². The third kappa shape index (κ3) is 1.69. The normalized spacial score (nSPS) is 10.8. The summed E-state index contributed by atoms with van der Waals surface area (Å²) in [5.74, 6) is -0.554. The average molecular weight is 243 g/mol. The predicted octanol–water partition coefficient (Wildman–Crippen LogP) is 2.97. The topological polar surface area (TPSA) is 38.7 Å². The Balaban J connectivity index is 2.30. The molecule has 3 aromatic rings. The van der Waals surface area contributed by atoms with E-state index in [0.29, 0.717) is 22.3 Å². The molecule has 2 aromatic heterocycles. The maximum atomic E-state index is 13.6. The molecule has 3 nitrogen and oxygen atoms in total. The summed E-state index contributed by atoms with van der Waals surface area (Å²) >= 11 is 0. The number of nitrogens with zero attached hydrogens (tertiary/aromatic N) is 3. The van der Waals surface area contributed by atoms with E-state index in [0.717, 1.165) is 12.4 Å². The highest BCUT2D eigenvalue weighted by molar-refractivity contribution is 5.91. The van der Waals surface area contributed by atoms with Crippen molar-refractivity contribution in [2.45, 2.75) is 0 Å². The van der Waals surface area contributed by atoms with Crippen LogP contribution in [0.25, 0.3) is 22.3 Å². The molecule has 0 spiro atoms. The van der Waals surface area contributed by atoms with Crippen molar-refractivity contribution in [1.82, 2.24) is 15.0 Å². The number of rotatable bonds is 1. The van der Waals surface area contributed by atoms with Crippen LogP contribution in [0.15, 0.2) is 42.9 Å². The third-order valence-corrected chi connectivity index (χ3v) is 2.58. The van der Waals surface area contributed by atoms with Gasteiger partial charge < -0.3 is 0 Å². The minimum absolute atomic E-state index is 0.320. The molecule has 5 heteroatoms. The number of pyridine rings is 1. The fourth-order valence-corrected chi connectivity index (χ4v) is 1.77. The van der Waals surface area contributed by atoms with Gasteiger partial charge in [0.05, 0.1) is 17.9 Å². The van der Waals surface area contributed by atoms with Gasteiger partial charge in [0.15, 0.2) is 11.6 Å². The third-order valence-electron chi connectivity index (χ3n) is 2.58. The molecule has 0 bridgehead atoms. The van der Waals surface area contributed by atoms with Crippen LogP contribution < -0.4 is 0 Å². The largest absolute Gasteiger partial charge is 0.255 e. The van der Waals surface area contributed by atoms with Crippen LogP contribution in [0.4, 0.5) is 8.78 Å². The van der Waals surface area contributed by atoms with Crippen molar-refractivity contribution < 1.29 is 8.78 Å². The van der Waals surface area contributed by atoms with Crippen LogP contribution in [0.3, 0.4) is 0 Å². The van der Waals surface area contributed by atoms with E-state index in [4.69, 9.17) is 0 Å². The van der Waals surface area contributed by atoms with Crippen molar-refractivity contribution in [2.75, 3.05) is 0 Å². The zero-order valence-electron chi connectivity index (χ0n) is 9.14. The Hall–Kier alpha value is -2.43. The van der Waals surface area contributed by atoms with Crippen LogP contribution in [0.5, 0.6) is 0 Å². The maximum absolute atomic E-state index is 13.6.